The molecule has 0 amide bonds. The zero-order chi connectivity index (χ0) is 16.2. The number of rotatable bonds is 4. The Kier molecular flexibility index (Phi) is 3.90. The highest BCUT2D eigenvalue weighted by Gasteiger charge is 2.07. The van der Waals surface area contributed by atoms with E-state index < -0.39 is 0 Å². The maximum atomic E-state index is 4.26. The smallest absolute Gasteiger partial charge is 0.0659 e. The van der Waals surface area contributed by atoms with E-state index in [1.54, 1.807) is 12.4 Å². The van der Waals surface area contributed by atoms with E-state index in [1.165, 1.54) is 22.3 Å². The van der Waals surface area contributed by atoms with Crippen molar-refractivity contribution in [3.8, 4) is 22.3 Å². The Bertz CT molecular complexity index is 911. The lowest BCUT2D eigenvalue weighted by atomic mass is 9.95. The highest BCUT2D eigenvalue weighted by atomic mass is 15.3. The Hall–Kier alpha value is -3.20. The molecule has 4 rings (SSSR count). The molecule has 3 heteroatoms. The van der Waals surface area contributed by atoms with Crippen LogP contribution in [0.4, 0.5) is 0 Å². The molecule has 0 N–H and O–H groups in total. The first kappa shape index (κ1) is 14.4. The summed E-state index contributed by atoms with van der Waals surface area (Å²) in [5.41, 5.74) is 6.00. The Morgan fingerprint density at radius 2 is 1.50 bits per heavy atom. The van der Waals surface area contributed by atoms with Crippen LogP contribution in [-0.4, -0.2) is 14.8 Å². The fourth-order valence-corrected chi connectivity index (χ4v) is 2.88. The SMILES string of the molecule is c1cncc(-c2ccccc2-c2ccc(Cn3cccn3)cc2)c1. The Balaban J connectivity index is 1.67. The molecule has 0 aliphatic heterocycles. The Morgan fingerprint density at radius 1 is 0.708 bits per heavy atom. The predicted molar refractivity (Wildman–Crippen MR) is 96.4 cm³/mol. The number of hydrogen-bond donors (Lipinski definition) is 0. The predicted octanol–water partition coefficient (Wildman–Crippen LogP) is 4.66. The van der Waals surface area contributed by atoms with Gasteiger partial charge in [-0.15, -0.1) is 0 Å². The Morgan fingerprint density at radius 3 is 2.17 bits per heavy atom. The third-order valence-electron chi connectivity index (χ3n) is 4.07. The van der Waals surface area contributed by atoms with Gasteiger partial charge in [-0.25, -0.2) is 0 Å². The molecule has 0 saturated heterocycles. The average molecular weight is 311 g/mol. The van der Waals surface area contributed by atoms with Gasteiger partial charge in [-0.2, -0.15) is 5.10 Å². The molecule has 0 saturated carbocycles. The van der Waals surface area contributed by atoms with Crippen LogP contribution in [0.3, 0.4) is 0 Å². The topological polar surface area (TPSA) is 30.7 Å². The van der Waals surface area contributed by atoms with E-state index in [1.807, 2.05) is 29.2 Å². The summed E-state index contributed by atoms with van der Waals surface area (Å²) in [6, 6.07) is 23.1. The molecule has 0 radical (unpaired) electrons. The van der Waals surface area contributed by atoms with E-state index in [0.717, 1.165) is 12.1 Å². The van der Waals surface area contributed by atoms with Gasteiger partial charge in [0.1, 0.15) is 0 Å². The van der Waals surface area contributed by atoms with Gasteiger partial charge in [-0.3, -0.25) is 9.67 Å². The second kappa shape index (κ2) is 6.50. The summed E-state index contributed by atoms with van der Waals surface area (Å²) in [5.74, 6) is 0. The van der Waals surface area contributed by atoms with Crippen LogP contribution in [0.25, 0.3) is 22.3 Å². The first-order valence-corrected chi connectivity index (χ1v) is 7.96. The quantitative estimate of drug-likeness (QED) is 0.549. The van der Waals surface area contributed by atoms with Crippen molar-refractivity contribution in [2.75, 3.05) is 0 Å². The summed E-state index contributed by atoms with van der Waals surface area (Å²) in [4.78, 5) is 4.24. The van der Waals surface area contributed by atoms with Crippen LogP contribution in [0.5, 0.6) is 0 Å². The van der Waals surface area contributed by atoms with Crippen molar-refractivity contribution in [2.24, 2.45) is 0 Å². The minimum Gasteiger partial charge on any atom is -0.268 e. The van der Waals surface area contributed by atoms with Crippen molar-refractivity contribution < 1.29 is 0 Å². The minimum atomic E-state index is 0.789. The molecule has 2 aromatic heterocycles. The zero-order valence-corrected chi connectivity index (χ0v) is 13.2. The van der Waals surface area contributed by atoms with E-state index in [2.05, 4.69) is 64.7 Å². The van der Waals surface area contributed by atoms with Crippen molar-refractivity contribution in [3.05, 3.63) is 97.1 Å². The van der Waals surface area contributed by atoms with E-state index in [0.29, 0.717) is 0 Å². The monoisotopic (exact) mass is 311 g/mol. The molecule has 0 aliphatic rings. The third-order valence-corrected chi connectivity index (χ3v) is 4.07. The number of benzene rings is 2. The molecular formula is C21H17N3. The third kappa shape index (κ3) is 2.97. The van der Waals surface area contributed by atoms with Crippen LogP contribution in [0.15, 0.2) is 91.5 Å². The van der Waals surface area contributed by atoms with Crippen molar-refractivity contribution in [1.29, 1.82) is 0 Å². The molecule has 0 spiro atoms. The maximum Gasteiger partial charge on any atom is 0.0659 e. The molecule has 2 heterocycles. The number of nitrogens with zero attached hydrogens (tertiary/aromatic N) is 3. The molecule has 0 bridgehead atoms. The van der Waals surface area contributed by atoms with Gasteiger partial charge in [0.25, 0.3) is 0 Å². The standard InChI is InChI=1S/C21H17N3/c1-2-7-21(19-5-3-12-22-15-19)20(6-1)18-10-8-17(9-11-18)16-24-14-4-13-23-24/h1-15H,16H2. The molecule has 3 nitrogen and oxygen atoms in total. The fraction of sp³-hybridized carbons (Fsp3) is 0.0476. The van der Waals surface area contributed by atoms with Gasteiger partial charge in [-0.05, 0) is 34.4 Å². The lowest BCUT2D eigenvalue weighted by Gasteiger charge is -2.10. The van der Waals surface area contributed by atoms with Crippen molar-refractivity contribution in [3.63, 3.8) is 0 Å². The van der Waals surface area contributed by atoms with Crippen molar-refractivity contribution >= 4 is 0 Å². The van der Waals surface area contributed by atoms with Gasteiger partial charge in [0.15, 0.2) is 0 Å². The van der Waals surface area contributed by atoms with Crippen LogP contribution >= 0.6 is 0 Å². The van der Waals surface area contributed by atoms with Gasteiger partial charge in [0, 0.05) is 30.4 Å². The van der Waals surface area contributed by atoms with Gasteiger partial charge in [0.05, 0.1) is 6.54 Å². The molecule has 0 unspecified atom stereocenters. The summed E-state index contributed by atoms with van der Waals surface area (Å²) in [7, 11) is 0. The molecule has 0 atom stereocenters. The zero-order valence-electron chi connectivity index (χ0n) is 13.2. The number of hydrogen-bond acceptors (Lipinski definition) is 2. The summed E-state index contributed by atoms with van der Waals surface area (Å²) >= 11 is 0. The van der Waals surface area contributed by atoms with Crippen LogP contribution in [0.2, 0.25) is 0 Å². The lowest BCUT2D eigenvalue weighted by molar-refractivity contribution is 0.687. The highest BCUT2D eigenvalue weighted by Crippen LogP contribution is 2.31. The van der Waals surface area contributed by atoms with E-state index >= 15 is 0 Å². The number of aromatic nitrogens is 3. The molecule has 0 fully saturated rings. The van der Waals surface area contributed by atoms with Gasteiger partial charge in [0.2, 0.25) is 0 Å². The average Bonchev–Trinajstić information content (AvgIpc) is 3.16. The summed E-state index contributed by atoms with van der Waals surface area (Å²) in [5, 5.41) is 4.26. The molecule has 116 valence electrons. The first-order chi connectivity index (χ1) is 11.9. The lowest BCUT2D eigenvalue weighted by Crippen LogP contribution is -1.99. The molecule has 2 aromatic carbocycles. The first-order valence-electron chi connectivity index (χ1n) is 7.96. The molecular weight excluding hydrogens is 294 g/mol. The largest absolute Gasteiger partial charge is 0.268 e. The second-order valence-electron chi connectivity index (χ2n) is 5.69. The molecule has 24 heavy (non-hydrogen) atoms. The van der Waals surface area contributed by atoms with Gasteiger partial charge >= 0.3 is 0 Å². The van der Waals surface area contributed by atoms with E-state index in [9.17, 15) is 0 Å². The summed E-state index contributed by atoms with van der Waals surface area (Å²) in [6.07, 6.45) is 7.49. The minimum absolute atomic E-state index is 0.789. The van der Waals surface area contributed by atoms with Crippen molar-refractivity contribution in [2.45, 2.75) is 6.54 Å². The number of pyridine rings is 1. The summed E-state index contributed by atoms with van der Waals surface area (Å²) in [6.45, 7) is 0.789. The van der Waals surface area contributed by atoms with Crippen LogP contribution < -0.4 is 0 Å². The maximum absolute atomic E-state index is 4.26. The Labute approximate surface area is 141 Å². The summed E-state index contributed by atoms with van der Waals surface area (Å²) < 4.78 is 1.93. The second-order valence-corrected chi connectivity index (χ2v) is 5.69. The molecule has 4 aromatic rings. The van der Waals surface area contributed by atoms with E-state index in [-0.39, 0.29) is 0 Å². The van der Waals surface area contributed by atoms with Crippen LogP contribution in [0, 0.1) is 0 Å². The van der Waals surface area contributed by atoms with E-state index in [4.69, 9.17) is 0 Å². The van der Waals surface area contributed by atoms with Crippen LogP contribution in [-0.2, 0) is 6.54 Å². The van der Waals surface area contributed by atoms with Gasteiger partial charge in [-0.1, -0.05) is 54.6 Å². The molecule has 0 aliphatic carbocycles. The van der Waals surface area contributed by atoms with Crippen molar-refractivity contribution in [1.82, 2.24) is 14.8 Å². The normalized spacial score (nSPS) is 10.7. The van der Waals surface area contributed by atoms with Gasteiger partial charge < -0.3 is 0 Å². The highest BCUT2D eigenvalue weighted by molar-refractivity contribution is 5.83. The van der Waals surface area contributed by atoms with Crippen LogP contribution in [0.1, 0.15) is 5.56 Å². The fourth-order valence-electron chi connectivity index (χ4n) is 2.88.